The molecule has 54 valence electrons. The molecule has 6 heteroatoms. The number of hydrogen-bond acceptors (Lipinski definition) is 6. The van der Waals surface area contributed by atoms with E-state index in [4.69, 9.17) is 0 Å². The summed E-state index contributed by atoms with van der Waals surface area (Å²) in [4.78, 5) is 10.5. The van der Waals surface area contributed by atoms with E-state index in [1.54, 1.807) is 0 Å². The van der Waals surface area contributed by atoms with Crippen molar-refractivity contribution in [2.24, 2.45) is 0 Å². The van der Waals surface area contributed by atoms with E-state index in [1.807, 2.05) is 0 Å². The van der Waals surface area contributed by atoms with Crippen LogP contribution in [-0.4, -0.2) is 15.8 Å². The Kier molecular flexibility index (Phi) is 5.10. The summed E-state index contributed by atoms with van der Waals surface area (Å²) in [7, 11) is 0. The van der Waals surface area contributed by atoms with E-state index in [-0.39, 0.29) is 0 Å². The molecule has 0 spiro atoms. The molecule has 0 aromatic heterocycles. The lowest BCUT2D eigenvalue weighted by Gasteiger charge is -2.08. The number of thiol groups is 4. The monoisotopic (exact) mass is 202 g/mol. The summed E-state index contributed by atoms with van der Waals surface area (Å²) in [5.41, 5.74) is 0. The molecule has 0 aliphatic heterocycles. The Morgan fingerprint density at radius 3 is 1.89 bits per heavy atom. The maximum absolute atomic E-state index is 10.5. The summed E-state index contributed by atoms with van der Waals surface area (Å²) in [5.74, 6) is -0.545. The van der Waals surface area contributed by atoms with Crippen molar-refractivity contribution in [2.45, 2.75) is 9.83 Å². The molecular formula is C3H6O2S4. The van der Waals surface area contributed by atoms with Crippen molar-refractivity contribution in [1.82, 2.24) is 0 Å². The van der Waals surface area contributed by atoms with Crippen LogP contribution >= 0.6 is 50.8 Å². The Bertz CT molecular complexity index is 104. The molecule has 0 rings (SSSR count). The molecule has 0 aromatic rings. The van der Waals surface area contributed by atoms with E-state index in [1.165, 1.54) is 0 Å². The van der Waals surface area contributed by atoms with Crippen LogP contribution in [-0.2, 0) is 8.98 Å². The van der Waals surface area contributed by atoms with Gasteiger partial charge in [0.05, 0.1) is 4.58 Å². The van der Waals surface area contributed by atoms with E-state index in [0.717, 1.165) is 0 Å². The fraction of sp³-hybridized carbons (Fsp3) is 0.667. The molecule has 0 fully saturated rings. The van der Waals surface area contributed by atoms with Crippen LogP contribution in [0.5, 0.6) is 0 Å². The molecule has 2 nitrogen and oxygen atoms in total. The van der Waals surface area contributed by atoms with Gasteiger partial charge < -0.3 is 4.18 Å². The number of rotatable bonds is 2. The van der Waals surface area contributed by atoms with E-state index < -0.39 is 15.8 Å². The first-order valence-corrected chi connectivity index (χ1v) is 3.90. The Morgan fingerprint density at radius 2 is 1.78 bits per heavy atom. The van der Waals surface area contributed by atoms with Gasteiger partial charge in [0.1, 0.15) is 5.25 Å². The minimum absolute atomic E-state index is 0.423. The second-order valence-electron chi connectivity index (χ2n) is 1.27. The maximum Gasteiger partial charge on any atom is 0.332 e. The van der Waals surface area contributed by atoms with E-state index in [2.05, 4.69) is 55.0 Å². The highest BCUT2D eigenvalue weighted by Gasteiger charge is 2.19. The minimum atomic E-state index is -0.630. The smallest absolute Gasteiger partial charge is 0.332 e. The standard InChI is InChI=1S/C3H6O2S4/c4-2(5-9)1(6)3(7)8/h1,3,6-9H. The number of carbonyl (C=O) groups is 1. The molecule has 0 heterocycles. The molecule has 0 N–H and O–H groups in total. The largest absolute Gasteiger partial charge is 0.394 e. The molecule has 0 bridgehead atoms. The summed E-state index contributed by atoms with van der Waals surface area (Å²) < 4.78 is 3.63. The van der Waals surface area contributed by atoms with Gasteiger partial charge in [0.15, 0.2) is 0 Å². The van der Waals surface area contributed by atoms with Crippen LogP contribution in [0.15, 0.2) is 0 Å². The predicted octanol–water partition coefficient (Wildman–Crippen LogP) is 0.858. The van der Waals surface area contributed by atoms with Gasteiger partial charge in [0.2, 0.25) is 0 Å². The fourth-order valence-corrected chi connectivity index (χ4v) is 0.669. The highest BCUT2D eigenvalue weighted by atomic mass is 32.2. The first-order chi connectivity index (χ1) is 4.09. The zero-order valence-electron chi connectivity index (χ0n) is 4.26. The number of carbonyl (C=O) groups excluding carboxylic acids is 1. The Morgan fingerprint density at radius 1 is 1.33 bits per heavy atom. The van der Waals surface area contributed by atoms with Crippen molar-refractivity contribution < 1.29 is 8.98 Å². The summed E-state index contributed by atoms with van der Waals surface area (Å²) in [6, 6.07) is 0. The van der Waals surface area contributed by atoms with Gasteiger partial charge in [0, 0.05) is 12.9 Å². The van der Waals surface area contributed by atoms with Crippen molar-refractivity contribution in [3.05, 3.63) is 0 Å². The Labute approximate surface area is 75.6 Å². The molecule has 0 aliphatic rings. The van der Waals surface area contributed by atoms with Crippen LogP contribution in [0.2, 0.25) is 0 Å². The zero-order valence-corrected chi connectivity index (χ0v) is 7.84. The van der Waals surface area contributed by atoms with Crippen molar-refractivity contribution in [1.29, 1.82) is 0 Å². The first-order valence-electron chi connectivity index (χ1n) is 1.99. The van der Waals surface area contributed by atoms with Gasteiger partial charge in [-0.3, -0.25) is 0 Å². The highest BCUT2D eigenvalue weighted by molar-refractivity contribution is 8.00. The lowest BCUT2D eigenvalue weighted by atomic mass is 10.5. The van der Waals surface area contributed by atoms with Gasteiger partial charge >= 0.3 is 5.97 Å². The molecule has 0 saturated heterocycles. The van der Waals surface area contributed by atoms with Crippen molar-refractivity contribution in [3.8, 4) is 0 Å². The lowest BCUT2D eigenvalue weighted by Crippen LogP contribution is -2.21. The van der Waals surface area contributed by atoms with Crippen LogP contribution in [0.3, 0.4) is 0 Å². The van der Waals surface area contributed by atoms with Crippen LogP contribution < -0.4 is 0 Å². The average Bonchev–Trinajstić information content (AvgIpc) is 1.84. The summed E-state index contributed by atoms with van der Waals surface area (Å²) >= 11 is 14.8. The van der Waals surface area contributed by atoms with Crippen LogP contribution in [0, 0.1) is 0 Å². The molecule has 0 radical (unpaired) electrons. The van der Waals surface area contributed by atoms with Gasteiger partial charge in [-0.25, -0.2) is 4.79 Å². The summed E-state index contributed by atoms with van der Waals surface area (Å²) in [6.07, 6.45) is 0. The van der Waals surface area contributed by atoms with Gasteiger partial charge in [-0.15, -0.1) is 0 Å². The Hall–Kier alpha value is 0.870. The minimum Gasteiger partial charge on any atom is -0.394 e. The van der Waals surface area contributed by atoms with Crippen LogP contribution in [0.25, 0.3) is 0 Å². The van der Waals surface area contributed by atoms with Crippen LogP contribution in [0.4, 0.5) is 0 Å². The molecular weight excluding hydrogens is 196 g/mol. The molecule has 0 aromatic carbocycles. The van der Waals surface area contributed by atoms with Crippen molar-refractivity contribution in [2.75, 3.05) is 0 Å². The third kappa shape index (κ3) is 3.54. The summed E-state index contributed by atoms with van der Waals surface area (Å²) in [5, 5.41) is -0.630. The molecule has 0 saturated carbocycles. The molecule has 1 atom stereocenters. The SMILES string of the molecule is O=C(OS)C(S)C(S)S. The molecule has 1 unspecified atom stereocenters. The van der Waals surface area contributed by atoms with Gasteiger partial charge in [0.25, 0.3) is 0 Å². The highest BCUT2D eigenvalue weighted by Crippen LogP contribution is 2.14. The third-order valence-electron chi connectivity index (χ3n) is 0.614. The second-order valence-corrected chi connectivity index (χ2v) is 3.53. The van der Waals surface area contributed by atoms with E-state index in [0.29, 0.717) is 0 Å². The van der Waals surface area contributed by atoms with E-state index >= 15 is 0 Å². The van der Waals surface area contributed by atoms with Crippen molar-refractivity contribution >= 4 is 56.8 Å². The predicted molar refractivity (Wildman–Crippen MR) is 49.6 cm³/mol. The zero-order chi connectivity index (χ0) is 7.44. The summed E-state index contributed by atoms with van der Waals surface area (Å²) in [6.45, 7) is 0. The topological polar surface area (TPSA) is 26.3 Å². The van der Waals surface area contributed by atoms with Gasteiger partial charge in [-0.05, 0) is 0 Å². The van der Waals surface area contributed by atoms with Crippen molar-refractivity contribution in [3.63, 3.8) is 0 Å². The van der Waals surface area contributed by atoms with E-state index in [9.17, 15) is 4.79 Å². The first kappa shape index (κ1) is 9.87. The average molecular weight is 202 g/mol. The Balaban J connectivity index is 3.72. The third-order valence-corrected chi connectivity index (χ3v) is 2.37. The fourth-order valence-electron chi connectivity index (χ4n) is 0.176. The second kappa shape index (κ2) is 4.65. The molecule has 0 amide bonds. The van der Waals surface area contributed by atoms with Crippen LogP contribution in [0.1, 0.15) is 0 Å². The van der Waals surface area contributed by atoms with Gasteiger partial charge in [-0.1, -0.05) is 0 Å². The van der Waals surface area contributed by atoms with Gasteiger partial charge in [-0.2, -0.15) is 37.9 Å². The quantitative estimate of drug-likeness (QED) is 0.304. The number of hydrogen-bond donors (Lipinski definition) is 4. The molecule has 9 heavy (non-hydrogen) atoms. The lowest BCUT2D eigenvalue weighted by molar-refractivity contribution is -0.131. The molecule has 0 aliphatic carbocycles. The normalized spacial score (nSPS) is 13.4. The maximum atomic E-state index is 10.5.